The van der Waals surface area contributed by atoms with Crippen LogP contribution in [-0.4, -0.2) is 26.0 Å². The Labute approximate surface area is 211 Å². The molecule has 4 heterocycles. The number of carbonyl (C=O) groups is 1. The predicted octanol–water partition coefficient (Wildman–Crippen LogP) is 2.85. The lowest BCUT2D eigenvalue weighted by Gasteiger charge is -2.45. The molecule has 36 heavy (non-hydrogen) atoms. The van der Waals surface area contributed by atoms with Crippen LogP contribution in [0.1, 0.15) is 36.7 Å². The van der Waals surface area contributed by atoms with Crippen LogP contribution in [0.15, 0.2) is 70.6 Å². The number of para-hydroxylation sites is 2. The molecule has 182 valence electrons. The lowest BCUT2D eigenvalue weighted by atomic mass is 9.80. The van der Waals surface area contributed by atoms with E-state index in [1.54, 1.807) is 10.6 Å². The van der Waals surface area contributed by atoms with Gasteiger partial charge in [-0.25, -0.2) is 4.99 Å². The van der Waals surface area contributed by atoms with Crippen molar-refractivity contribution in [3.63, 3.8) is 0 Å². The maximum Gasteiger partial charge on any atom is 0.270 e. The summed E-state index contributed by atoms with van der Waals surface area (Å²) in [7, 11) is 0. The zero-order chi connectivity index (χ0) is 25.0. The maximum absolute atomic E-state index is 13.8. The van der Waals surface area contributed by atoms with Crippen LogP contribution in [0, 0.1) is 12.8 Å². The van der Waals surface area contributed by atoms with Crippen molar-refractivity contribution in [1.29, 1.82) is 0 Å². The van der Waals surface area contributed by atoms with Crippen LogP contribution in [0.2, 0.25) is 0 Å². The van der Waals surface area contributed by atoms with E-state index in [1.165, 1.54) is 11.3 Å². The minimum Gasteiger partial charge on any atom is -0.465 e. The van der Waals surface area contributed by atoms with E-state index in [4.69, 9.17) is 9.73 Å². The molecule has 3 unspecified atom stereocenters. The molecule has 0 radical (unpaired) electrons. The number of nitrogens with zero attached hydrogens (tertiary/aromatic N) is 4. The number of aryl methyl sites for hydroxylation is 2. The lowest BCUT2D eigenvalue weighted by Crippen LogP contribution is -2.59. The van der Waals surface area contributed by atoms with Crippen LogP contribution in [0.3, 0.4) is 0 Å². The fraction of sp³-hybridized carbons (Fsp3) is 0.259. The van der Waals surface area contributed by atoms with Crippen LogP contribution in [0.4, 0.5) is 5.69 Å². The number of thiazole rings is 1. The number of nitrogens with one attached hydrogen (secondary N) is 1. The van der Waals surface area contributed by atoms with Crippen molar-refractivity contribution in [3.8, 4) is 5.75 Å². The fourth-order valence-corrected chi connectivity index (χ4v) is 6.12. The molecule has 0 spiro atoms. The molecule has 2 aromatic carbocycles. The Morgan fingerprint density at radius 3 is 2.75 bits per heavy atom. The third kappa shape index (κ3) is 3.50. The van der Waals surface area contributed by atoms with Crippen molar-refractivity contribution >= 4 is 29.0 Å². The first-order valence-electron chi connectivity index (χ1n) is 11.9. The van der Waals surface area contributed by atoms with Gasteiger partial charge in [0.15, 0.2) is 4.80 Å². The summed E-state index contributed by atoms with van der Waals surface area (Å²) < 4.78 is 10.3. The number of fused-ring (bicyclic) bond motifs is 6. The van der Waals surface area contributed by atoms with Crippen LogP contribution in [-0.2, 0) is 11.3 Å². The molecule has 0 saturated carbocycles. The molecule has 1 N–H and O–H groups in total. The first kappa shape index (κ1) is 22.5. The summed E-state index contributed by atoms with van der Waals surface area (Å²) in [5.74, 6) is -0.366. The molecule has 3 atom stereocenters. The van der Waals surface area contributed by atoms with Crippen LogP contribution >= 0.6 is 11.3 Å². The highest BCUT2D eigenvalue weighted by Crippen LogP contribution is 2.47. The molecule has 2 bridgehead atoms. The van der Waals surface area contributed by atoms with E-state index in [1.807, 2.05) is 86.2 Å². The summed E-state index contributed by atoms with van der Waals surface area (Å²) in [5.41, 5.74) is 1.80. The Balaban J connectivity index is 1.53. The van der Waals surface area contributed by atoms with Crippen molar-refractivity contribution in [2.75, 3.05) is 5.32 Å². The van der Waals surface area contributed by atoms with Gasteiger partial charge in [0, 0.05) is 24.0 Å². The lowest BCUT2D eigenvalue weighted by molar-refractivity contribution is -0.131. The second kappa shape index (κ2) is 8.30. The number of amides is 1. The summed E-state index contributed by atoms with van der Waals surface area (Å²) in [6.45, 7) is 6.51. The Hall–Kier alpha value is -3.98. The largest absolute Gasteiger partial charge is 0.465 e. The van der Waals surface area contributed by atoms with Gasteiger partial charge in [0.2, 0.25) is 11.6 Å². The van der Waals surface area contributed by atoms with Gasteiger partial charge in [0.25, 0.3) is 5.56 Å². The normalized spacial score (nSPS) is 22.2. The number of hydrogen-bond acceptors (Lipinski definition) is 6. The Kier molecular flexibility index (Phi) is 5.19. The molecule has 0 fully saturated rings. The van der Waals surface area contributed by atoms with E-state index >= 15 is 0 Å². The smallest absolute Gasteiger partial charge is 0.270 e. The van der Waals surface area contributed by atoms with Gasteiger partial charge in [-0.15, -0.1) is 0 Å². The molecular formula is C27H25N5O3S. The van der Waals surface area contributed by atoms with Gasteiger partial charge in [-0.05, 0) is 50.6 Å². The number of aromatic nitrogens is 3. The van der Waals surface area contributed by atoms with Crippen molar-refractivity contribution in [3.05, 3.63) is 97.3 Å². The number of anilines is 1. The topological polar surface area (TPSA) is 90.5 Å². The van der Waals surface area contributed by atoms with Gasteiger partial charge < -0.3 is 10.1 Å². The van der Waals surface area contributed by atoms with Gasteiger partial charge in [0.1, 0.15) is 11.7 Å². The highest BCUT2D eigenvalue weighted by atomic mass is 32.1. The van der Waals surface area contributed by atoms with E-state index in [0.29, 0.717) is 20.8 Å². The molecule has 1 amide bonds. The van der Waals surface area contributed by atoms with Crippen LogP contribution in [0.25, 0.3) is 6.08 Å². The van der Waals surface area contributed by atoms with Crippen molar-refractivity contribution in [2.45, 2.75) is 39.1 Å². The second-order valence-corrected chi connectivity index (χ2v) is 10.2. The van der Waals surface area contributed by atoms with Gasteiger partial charge in [-0.2, -0.15) is 5.10 Å². The number of carbonyl (C=O) groups excluding carboxylic acids is 1. The highest BCUT2D eigenvalue weighted by molar-refractivity contribution is 7.07. The van der Waals surface area contributed by atoms with E-state index < -0.39 is 17.7 Å². The SMILES string of the molecule is CCn1ccc(/C=c2/sc3n(c2=O)C2c4ccccc4OC(C)(N=3)C2C(=O)Nc2ccccc2C)n1. The minimum absolute atomic E-state index is 0.192. The average Bonchev–Trinajstić information content (AvgIpc) is 3.43. The molecule has 0 saturated heterocycles. The third-order valence-electron chi connectivity index (χ3n) is 6.83. The van der Waals surface area contributed by atoms with Crippen molar-refractivity contribution in [1.82, 2.24) is 14.3 Å². The summed E-state index contributed by atoms with van der Waals surface area (Å²) >= 11 is 1.29. The zero-order valence-corrected chi connectivity index (χ0v) is 21.0. The Bertz CT molecular complexity index is 1680. The molecule has 9 heteroatoms. The third-order valence-corrected chi connectivity index (χ3v) is 7.81. The molecule has 6 rings (SSSR count). The van der Waals surface area contributed by atoms with Gasteiger partial charge in [-0.1, -0.05) is 47.7 Å². The molecular weight excluding hydrogens is 474 g/mol. The summed E-state index contributed by atoms with van der Waals surface area (Å²) in [4.78, 5) is 33.0. The highest BCUT2D eigenvalue weighted by Gasteiger charge is 2.55. The van der Waals surface area contributed by atoms with E-state index in [-0.39, 0.29) is 11.5 Å². The first-order chi connectivity index (χ1) is 17.4. The summed E-state index contributed by atoms with van der Waals surface area (Å²) in [5, 5.41) is 7.55. The minimum atomic E-state index is -1.18. The van der Waals surface area contributed by atoms with Gasteiger partial charge in [0.05, 0.1) is 16.3 Å². The van der Waals surface area contributed by atoms with Crippen LogP contribution in [0.5, 0.6) is 5.75 Å². The standard InChI is InChI=1S/C27H25N5O3S/c1-4-31-14-13-17(30-31)15-21-25(34)32-23-18-10-6-8-12-20(18)35-27(3,29-26(32)36-21)22(23)24(33)28-19-11-7-5-9-16(19)2/h5-15,22-23H,4H2,1-3H3,(H,28,33)/b21-15+. The van der Waals surface area contributed by atoms with Crippen molar-refractivity contribution < 1.29 is 9.53 Å². The molecule has 4 aromatic rings. The maximum atomic E-state index is 13.8. The van der Waals surface area contributed by atoms with E-state index in [0.717, 1.165) is 23.4 Å². The van der Waals surface area contributed by atoms with Gasteiger partial charge >= 0.3 is 0 Å². The zero-order valence-electron chi connectivity index (χ0n) is 20.1. The van der Waals surface area contributed by atoms with Crippen LogP contribution < -0.4 is 24.9 Å². The quantitative estimate of drug-likeness (QED) is 0.468. The molecule has 2 aliphatic heterocycles. The molecule has 2 aliphatic rings. The van der Waals surface area contributed by atoms with E-state index in [9.17, 15) is 9.59 Å². The number of rotatable bonds is 4. The molecule has 8 nitrogen and oxygen atoms in total. The number of hydrogen-bond donors (Lipinski definition) is 1. The fourth-order valence-electron chi connectivity index (χ4n) is 5.03. The second-order valence-electron chi connectivity index (χ2n) is 9.20. The molecule has 2 aromatic heterocycles. The number of ether oxygens (including phenoxy) is 1. The summed E-state index contributed by atoms with van der Waals surface area (Å²) in [6.07, 6.45) is 3.66. The van der Waals surface area contributed by atoms with Gasteiger partial charge in [-0.3, -0.25) is 18.8 Å². The Morgan fingerprint density at radius 2 is 1.97 bits per heavy atom. The first-order valence-corrected chi connectivity index (χ1v) is 12.7. The monoisotopic (exact) mass is 499 g/mol. The Morgan fingerprint density at radius 1 is 1.19 bits per heavy atom. The average molecular weight is 500 g/mol. The number of benzene rings is 2. The molecule has 0 aliphatic carbocycles. The van der Waals surface area contributed by atoms with E-state index in [2.05, 4.69) is 10.4 Å². The predicted molar refractivity (Wildman–Crippen MR) is 138 cm³/mol. The summed E-state index contributed by atoms with van der Waals surface area (Å²) in [6, 6.07) is 16.5. The van der Waals surface area contributed by atoms with Crippen molar-refractivity contribution in [2.24, 2.45) is 10.9 Å².